The van der Waals surface area contributed by atoms with Crippen LogP contribution in [0.4, 0.5) is 5.69 Å². The minimum Gasteiger partial charge on any atom is -0.343 e. The number of halogens is 1. The molecule has 0 aromatic heterocycles. The van der Waals surface area contributed by atoms with E-state index in [0.29, 0.717) is 12.3 Å². The van der Waals surface area contributed by atoms with Gasteiger partial charge in [-0.1, -0.05) is 19.1 Å². The molecule has 1 aromatic rings. The first kappa shape index (κ1) is 20.5. The van der Waals surface area contributed by atoms with E-state index in [0.717, 1.165) is 37.4 Å². The van der Waals surface area contributed by atoms with E-state index in [2.05, 4.69) is 10.6 Å². The van der Waals surface area contributed by atoms with Crippen molar-refractivity contribution in [2.24, 2.45) is 11.8 Å². The third-order valence-corrected chi connectivity index (χ3v) is 4.63. The standard InChI is InChI=1S/C18H27N3O2.ClH/c1-4-21(5-2)17(22)10-14-6-8-16(9-7-14)20-18(23)13(3)15-11-19-12-15;/h6-9,13,15,19H,4-5,10-12H2,1-3H3,(H,20,23);1H. The van der Waals surface area contributed by atoms with Crippen LogP contribution in [0.5, 0.6) is 0 Å². The summed E-state index contributed by atoms with van der Waals surface area (Å²) in [6, 6.07) is 7.56. The second-order valence-electron chi connectivity index (χ2n) is 6.14. The van der Waals surface area contributed by atoms with Crippen molar-refractivity contribution >= 4 is 29.9 Å². The molecule has 1 aliphatic heterocycles. The molecule has 0 spiro atoms. The highest BCUT2D eigenvalue weighted by atomic mass is 35.5. The topological polar surface area (TPSA) is 61.4 Å². The first-order valence-electron chi connectivity index (χ1n) is 8.43. The van der Waals surface area contributed by atoms with Gasteiger partial charge in [-0.15, -0.1) is 12.4 Å². The molecule has 2 amide bonds. The number of nitrogens with zero attached hydrogens (tertiary/aromatic N) is 1. The molecule has 0 aliphatic carbocycles. The van der Waals surface area contributed by atoms with E-state index in [1.54, 1.807) is 0 Å². The summed E-state index contributed by atoms with van der Waals surface area (Å²) >= 11 is 0. The van der Waals surface area contributed by atoms with Gasteiger partial charge in [-0.25, -0.2) is 0 Å². The van der Waals surface area contributed by atoms with Crippen molar-refractivity contribution in [2.75, 3.05) is 31.5 Å². The van der Waals surface area contributed by atoms with Gasteiger partial charge in [-0.2, -0.15) is 0 Å². The normalized spacial score (nSPS) is 15.0. The van der Waals surface area contributed by atoms with Gasteiger partial charge in [-0.3, -0.25) is 9.59 Å². The molecule has 0 bridgehead atoms. The van der Waals surface area contributed by atoms with Crippen molar-refractivity contribution in [3.05, 3.63) is 29.8 Å². The van der Waals surface area contributed by atoms with Crippen LogP contribution in [0, 0.1) is 11.8 Å². The Bertz CT molecular complexity index is 540. The monoisotopic (exact) mass is 353 g/mol. The Morgan fingerprint density at radius 2 is 1.79 bits per heavy atom. The second kappa shape index (κ2) is 9.64. The molecular formula is C18H28ClN3O2. The Morgan fingerprint density at radius 3 is 2.25 bits per heavy atom. The van der Waals surface area contributed by atoms with Gasteiger partial charge in [0.15, 0.2) is 0 Å². The molecule has 0 saturated carbocycles. The number of hydrogen-bond donors (Lipinski definition) is 2. The zero-order valence-electron chi connectivity index (χ0n) is 14.7. The van der Waals surface area contributed by atoms with Crippen LogP contribution >= 0.6 is 12.4 Å². The summed E-state index contributed by atoms with van der Waals surface area (Å²) < 4.78 is 0. The number of nitrogens with one attached hydrogen (secondary N) is 2. The predicted octanol–water partition coefficient (Wildman–Crippen LogP) is 2.31. The average molecular weight is 354 g/mol. The number of carbonyl (C=O) groups excluding carboxylic acids is 2. The fraction of sp³-hybridized carbons (Fsp3) is 0.556. The summed E-state index contributed by atoms with van der Waals surface area (Å²) in [5.74, 6) is 0.641. The Hall–Kier alpha value is -1.59. The van der Waals surface area contributed by atoms with Crippen molar-refractivity contribution in [3.8, 4) is 0 Å². The van der Waals surface area contributed by atoms with Gasteiger partial charge >= 0.3 is 0 Å². The van der Waals surface area contributed by atoms with Crippen molar-refractivity contribution < 1.29 is 9.59 Å². The Kier molecular flexibility index (Phi) is 8.22. The molecule has 1 atom stereocenters. The number of carbonyl (C=O) groups is 2. The maximum atomic E-state index is 12.2. The third kappa shape index (κ3) is 5.21. The highest BCUT2D eigenvalue weighted by molar-refractivity contribution is 5.92. The Labute approximate surface area is 150 Å². The van der Waals surface area contributed by atoms with E-state index in [1.807, 2.05) is 49.9 Å². The number of anilines is 1. The molecule has 5 nitrogen and oxygen atoms in total. The molecule has 0 radical (unpaired) electrons. The van der Waals surface area contributed by atoms with Crippen LogP contribution in [0.25, 0.3) is 0 Å². The summed E-state index contributed by atoms with van der Waals surface area (Å²) in [7, 11) is 0. The van der Waals surface area contributed by atoms with E-state index >= 15 is 0 Å². The molecule has 1 unspecified atom stereocenters. The molecule has 24 heavy (non-hydrogen) atoms. The molecular weight excluding hydrogens is 326 g/mol. The van der Waals surface area contributed by atoms with Crippen LogP contribution in [-0.2, 0) is 16.0 Å². The third-order valence-electron chi connectivity index (χ3n) is 4.63. The van der Waals surface area contributed by atoms with Crippen molar-refractivity contribution in [3.63, 3.8) is 0 Å². The first-order chi connectivity index (χ1) is 11.0. The zero-order valence-corrected chi connectivity index (χ0v) is 15.5. The summed E-state index contributed by atoms with van der Waals surface area (Å²) in [5, 5.41) is 6.14. The van der Waals surface area contributed by atoms with E-state index in [-0.39, 0.29) is 30.1 Å². The van der Waals surface area contributed by atoms with Crippen LogP contribution in [0.15, 0.2) is 24.3 Å². The van der Waals surface area contributed by atoms with Crippen LogP contribution < -0.4 is 10.6 Å². The highest BCUT2D eigenvalue weighted by Gasteiger charge is 2.28. The molecule has 2 N–H and O–H groups in total. The summed E-state index contributed by atoms with van der Waals surface area (Å²) in [5.41, 5.74) is 1.75. The Morgan fingerprint density at radius 1 is 1.21 bits per heavy atom. The summed E-state index contributed by atoms with van der Waals surface area (Å²) in [6.45, 7) is 9.24. The lowest BCUT2D eigenvalue weighted by Gasteiger charge is -2.31. The fourth-order valence-electron chi connectivity index (χ4n) is 2.70. The second-order valence-corrected chi connectivity index (χ2v) is 6.14. The molecule has 2 rings (SSSR count). The minimum atomic E-state index is 0. The Balaban J connectivity index is 0.00000288. The average Bonchev–Trinajstić information content (AvgIpc) is 2.48. The smallest absolute Gasteiger partial charge is 0.227 e. The van der Waals surface area contributed by atoms with Crippen molar-refractivity contribution in [1.29, 1.82) is 0 Å². The number of amides is 2. The van der Waals surface area contributed by atoms with Gasteiger partial charge in [0.2, 0.25) is 11.8 Å². The van der Waals surface area contributed by atoms with E-state index in [1.165, 1.54) is 0 Å². The molecule has 1 aromatic carbocycles. The molecule has 134 valence electrons. The molecule has 1 aliphatic rings. The lowest BCUT2D eigenvalue weighted by Crippen LogP contribution is -2.48. The number of rotatable bonds is 7. The lowest BCUT2D eigenvalue weighted by atomic mass is 9.88. The maximum absolute atomic E-state index is 12.2. The molecule has 1 fully saturated rings. The van der Waals surface area contributed by atoms with E-state index in [9.17, 15) is 9.59 Å². The predicted molar refractivity (Wildman–Crippen MR) is 99.5 cm³/mol. The van der Waals surface area contributed by atoms with Gasteiger partial charge in [0, 0.05) is 24.7 Å². The van der Waals surface area contributed by atoms with Gasteiger partial charge in [0.05, 0.1) is 6.42 Å². The highest BCUT2D eigenvalue weighted by Crippen LogP contribution is 2.19. The molecule has 1 heterocycles. The lowest BCUT2D eigenvalue weighted by molar-refractivity contribution is -0.130. The fourth-order valence-corrected chi connectivity index (χ4v) is 2.70. The van der Waals surface area contributed by atoms with Gasteiger partial charge < -0.3 is 15.5 Å². The van der Waals surface area contributed by atoms with Crippen LogP contribution in [0.1, 0.15) is 26.3 Å². The molecule has 6 heteroatoms. The SMILES string of the molecule is CCN(CC)C(=O)Cc1ccc(NC(=O)C(C)C2CNC2)cc1.Cl. The number of benzene rings is 1. The zero-order chi connectivity index (χ0) is 16.8. The molecule has 1 saturated heterocycles. The maximum Gasteiger partial charge on any atom is 0.227 e. The summed E-state index contributed by atoms with van der Waals surface area (Å²) in [4.78, 5) is 26.1. The van der Waals surface area contributed by atoms with E-state index < -0.39 is 0 Å². The van der Waals surface area contributed by atoms with Crippen molar-refractivity contribution in [2.45, 2.75) is 27.2 Å². The minimum absolute atomic E-state index is 0. The van der Waals surface area contributed by atoms with Crippen molar-refractivity contribution in [1.82, 2.24) is 10.2 Å². The van der Waals surface area contributed by atoms with Gasteiger partial charge in [-0.05, 0) is 50.6 Å². The first-order valence-corrected chi connectivity index (χ1v) is 8.43. The van der Waals surface area contributed by atoms with Crippen LogP contribution in [-0.4, -0.2) is 42.9 Å². The van der Waals surface area contributed by atoms with Crippen LogP contribution in [0.3, 0.4) is 0 Å². The van der Waals surface area contributed by atoms with E-state index in [4.69, 9.17) is 0 Å². The van der Waals surface area contributed by atoms with Gasteiger partial charge in [0.1, 0.15) is 0 Å². The van der Waals surface area contributed by atoms with Crippen LogP contribution in [0.2, 0.25) is 0 Å². The van der Waals surface area contributed by atoms with Gasteiger partial charge in [0.25, 0.3) is 0 Å². The summed E-state index contributed by atoms with van der Waals surface area (Å²) in [6.07, 6.45) is 0.403. The quantitative estimate of drug-likeness (QED) is 0.790. The number of likely N-dealkylation sites (N-methyl/N-ethyl adjacent to an activating group) is 1. The largest absolute Gasteiger partial charge is 0.343 e. The number of hydrogen-bond acceptors (Lipinski definition) is 3.